The van der Waals surface area contributed by atoms with E-state index in [2.05, 4.69) is 0 Å². The van der Waals surface area contributed by atoms with Gasteiger partial charge in [0.1, 0.15) is 17.1 Å². The van der Waals surface area contributed by atoms with Crippen molar-refractivity contribution < 1.29 is 27.8 Å². The van der Waals surface area contributed by atoms with E-state index in [1.807, 2.05) is 38.1 Å². The molecule has 0 saturated heterocycles. The Morgan fingerprint density at radius 2 is 1.65 bits per heavy atom. The molecule has 0 spiro atoms. The van der Waals surface area contributed by atoms with Gasteiger partial charge in [0.25, 0.3) is 5.91 Å². The molecule has 5 rings (SSSR count). The van der Waals surface area contributed by atoms with Gasteiger partial charge in [-0.3, -0.25) is 9.59 Å². The van der Waals surface area contributed by atoms with E-state index >= 15 is 0 Å². The number of carbonyl (C=O) groups is 1. The van der Waals surface area contributed by atoms with E-state index in [0.717, 1.165) is 11.6 Å². The standard InChI is InChI=1S/C29H26FNO6/c1-4-35-23-12-8-18(14-24(23)36-5-2)26-25-27(32)21-15-19(30)9-13-22(21)37-28(25)29(33)31(26)16-17-6-10-20(34-3)11-7-17/h6-15,26H,4-5,16H2,1-3H3. The lowest BCUT2D eigenvalue weighted by Gasteiger charge is -2.26. The number of ether oxygens (including phenoxy) is 3. The fourth-order valence-corrected chi connectivity index (χ4v) is 4.67. The van der Waals surface area contributed by atoms with E-state index in [4.69, 9.17) is 18.6 Å². The summed E-state index contributed by atoms with van der Waals surface area (Å²) in [5.74, 6) is 0.723. The highest BCUT2D eigenvalue weighted by molar-refractivity contribution is 5.99. The number of hydrogen-bond acceptors (Lipinski definition) is 6. The van der Waals surface area contributed by atoms with Crippen molar-refractivity contribution >= 4 is 16.9 Å². The molecule has 3 aromatic carbocycles. The second kappa shape index (κ2) is 9.97. The van der Waals surface area contributed by atoms with Crippen molar-refractivity contribution in [2.24, 2.45) is 0 Å². The zero-order chi connectivity index (χ0) is 26.1. The predicted octanol–water partition coefficient (Wildman–Crippen LogP) is 5.48. The van der Waals surface area contributed by atoms with Crippen molar-refractivity contribution in [3.63, 3.8) is 0 Å². The molecule has 190 valence electrons. The Bertz CT molecular complexity index is 1530. The van der Waals surface area contributed by atoms with Gasteiger partial charge in [-0.05, 0) is 67.4 Å². The Balaban J connectivity index is 1.69. The average Bonchev–Trinajstić information content (AvgIpc) is 3.17. The fraction of sp³-hybridized carbons (Fsp3) is 0.241. The van der Waals surface area contributed by atoms with E-state index < -0.39 is 23.2 Å². The lowest BCUT2D eigenvalue weighted by molar-refractivity contribution is 0.0714. The van der Waals surface area contributed by atoms with Crippen LogP contribution in [0.4, 0.5) is 4.39 Å². The molecule has 0 N–H and O–H groups in total. The predicted molar refractivity (Wildman–Crippen MR) is 136 cm³/mol. The minimum atomic E-state index is -0.775. The number of nitrogens with zero attached hydrogens (tertiary/aromatic N) is 1. The first-order chi connectivity index (χ1) is 17.9. The molecule has 1 aromatic heterocycles. The number of carbonyl (C=O) groups excluding carboxylic acids is 1. The quantitative estimate of drug-likeness (QED) is 0.317. The lowest BCUT2D eigenvalue weighted by Crippen LogP contribution is -2.29. The highest BCUT2D eigenvalue weighted by Crippen LogP contribution is 2.42. The van der Waals surface area contributed by atoms with Crippen LogP contribution in [0.3, 0.4) is 0 Å². The molecule has 1 aliphatic heterocycles. The van der Waals surface area contributed by atoms with Gasteiger partial charge in [-0.1, -0.05) is 18.2 Å². The topological polar surface area (TPSA) is 78.2 Å². The smallest absolute Gasteiger partial charge is 0.291 e. The molecule has 1 amide bonds. The summed E-state index contributed by atoms with van der Waals surface area (Å²) in [5.41, 5.74) is 1.37. The monoisotopic (exact) mass is 503 g/mol. The molecule has 0 fully saturated rings. The summed E-state index contributed by atoms with van der Waals surface area (Å²) in [6, 6.07) is 15.6. The molecule has 1 aliphatic rings. The Morgan fingerprint density at radius 1 is 0.919 bits per heavy atom. The maximum atomic E-state index is 14.0. The molecule has 0 saturated carbocycles. The van der Waals surface area contributed by atoms with Crippen LogP contribution in [-0.2, 0) is 6.54 Å². The van der Waals surface area contributed by atoms with Crippen LogP contribution in [0.1, 0.15) is 47.1 Å². The van der Waals surface area contributed by atoms with Gasteiger partial charge in [-0.2, -0.15) is 0 Å². The third kappa shape index (κ3) is 4.39. The summed E-state index contributed by atoms with van der Waals surface area (Å²) in [5, 5.41) is 0.0822. The number of hydrogen-bond donors (Lipinski definition) is 0. The van der Waals surface area contributed by atoms with E-state index in [-0.39, 0.29) is 28.8 Å². The van der Waals surface area contributed by atoms with Crippen molar-refractivity contribution in [2.45, 2.75) is 26.4 Å². The number of rotatable bonds is 8. The van der Waals surface area contributed by atoms with Gasteiger partial charge in [-0.25, -0.2) is 4.39 Å². The van der Waals surface area contributed by atoms with Crippen LogP contribution in [0.5, 0.6) is 17.2 Å². The highest BCUT2D eigenvalue weighted by atomic mass is 19.1. The fourth-order valence-electron chi connectivity index (χ4n) is 4.67. The molecule has 0 aliphatic carbocycles. The van der Waals surface area contributed by atoms with E-state index in [0.29, 0.717) is 36.0 Å². The van der Waals surface area contributed by atoms with Crippen molar-refractivity contribution in [2.75, 3.05) is 20.3 Å². The second-order valence-electron chi connectivity index (χ2n) is 8.57. The van der Waals surface area contributed by atoms with Crippen molar-refractivity contribution in [3.8, 4) is 17.2 Å². The van der Waals surface area contributed by atoms with Crippen LogP contribution >= 0.6 is 0 Å². The van der Waals surface area contributed by atoms with Crippen molar-refractivity contribution in [3.05, 3.63) is 99.2 Å². The lowest BCUT2D eigenvalue weighted by atomic mass is 9.97. The van der Waals surface area contributed by atoms with Crippen LogP contribution in [0.25, 0.3) is 11.0 Å². The summed E-state index contributed by atoms with van der Waals surface area (Å²) in [6.45, 7) is 4.81. The minimum Gasteiger partial charge on any atom is -0.497 e. The van der Waals surface area contributed by atoms with E-state index in [9.17, 15) is 14.0 Å². The van der Waals surface area contributed by atoms with Crippen LogP contribution in [0, 0.1) is 5.82 Å². The van der Waals surface area contributed by atoms with Crippen LogP contribution in [0.2, 0.25) is 0 Å². The van der Waals surface area contributed by atoms with Crippen LogP contribution in [0.15, 0.2) is 69.9 Å². The maximum Gasteiger partial charge on any atom is 0.291 e. The van der Waals surface area contributed by atoms with Gasteiger partial charge in [0.05, 0.1) is 37.3 Å². The number of methoxy groups -OCH3 is 1. The van der Waals surface area contributed by atoms with Gasteiger partial charge < -0.3 is 23.5 Å². The Hall–Kier alpha value is -4.33. The van der Waals surface area contributed by atoms with Gasteiger partial charge >= 0.3 is 0 Å². The van der Waals surface area contributed by atoms with Gasteiger partial charge in [0.2, 0.25) is 5.76 Å². The first-order valence-electron chi connectivity index (χ1n) is 12.0. The number of halogens is 1. The zero-order valence-electron chi connectivity index (χ0n) is 20.7. The average molecular weight is 504 g/mol. The summed E-state index contributed by atoms with van der Waals surface area (Å²) < 4.78 is 36.7. The van der Waals surface area contributed by atoms with Crippen LogP contribution in [-0.4, -0.2) is 31.1 Å². The molecule has 8 heteroatoms. The molecule has 0 bridgehead atoms. The molecule has 0 radical (unpaired) electrons. The van der Waals surface area contributed by atoms with Gasteiger partial charge in [-0.15, -0.1) is 0 Å². The molecule has 1 atom stereocenters. The zero-order valence-corrected chi connectivity index (χ0v) is 20.7. The third-order valence-corrected chi connectivity index (χ3v) is 6.32. The normalized spacial score (nSPS) is 14.6. The number of fused-ring (bicyclic) bond motifs is 2. The molecular weight excluding hydrogens is 477 g/mol. The van der Waals surface area contributed by atoms with E-state index in [1.54, 1.807) is 30.2 Å². The first kappa shape index (κ1) is 24.4. The Kier molecular flexibility index (Phi) is 6.56. The summed E-state index contributed by atoms with van der Waals surface area (Å²) in [4.78, 5) is 29.0. The third-order valence-electron chi connectivity index (χ3n) is 6.32. The molecule has 1 unspecified atom stereocenters. The SMILES string of the molecule is CCOc1ccc(C2c3c(oc4ccc(F)cc4c3=O)C(=O)N2Cc2ccc(OC)cc2)cc1OCC. The van der Waals surface area contributed by atoms with Crippen molar-refractivity contribution in [1.82, 2.24) is 4.90 Å². The Morgan fingerprint density at radius 3 is 2.35 bits per heavy atom. The molecule has 7 nitrogen and oxygen atoms in total. The molecule has 2 heterocycles. The summed E-state index contributed by atoms with van der Waals surface area (Å²) in [7, 11) is 1.58. The molecule has 37 heavy (non-hydrogen) atoms. The minimum absolute atomic E-state index is 0.0468. The van der Waals surface area contributed by atoms with Gasteiger partial charge in [0.15, 0.2) is 16.9 Å². The summed E-state index contributed by atoms with van der Waals surface area (Å²) >= 11 is 0. The first-order valence-corrected chi connectivity index (χ1v) is 12.0. The van der Waals surface area contributed by atoms with Crippen LogP contribution < -0.4 is 19.6 Å². The Labute approximate surface area is 213 Å². The molecular formula is C29H26FNO6. The summed E-state index contributed by atoms with van der Waals surface area (Å²) in [6.07, 6.45) is 0. The number of amides is 1. The highest BCUT2D eigenvalue weighted by Gasteiger charge is 2.43. The largest absolute Gasteiger partial charge is 0.497 e. The number of benzene rings is 3. The maximum absolute atomic E-state index is 14.0. The van der Waals surface area contributed by atoms with E-state index in [1.165, 1.54) is 12.1 Å². The molecule has 4 aromatic rings. The van der Waals surface area contributed by atoms with Crippen molar-refractivity contribution in [1.29, 1.82) is 0 Å². The van der Waals surface area contributed by atoms with Gasteiger partial charge in [0, 0.05) is 6.54 Å². The second-order valence-corrected chi connectivity index (χ2v) is 8.57.